The van der Waals surface area contributed by atoms with E-state index in [4.69, 9.17) is 0 Å². The number of piperidine rings is 1. The third-order valence-corrected chi connectivity index (χ3v) is 7.27. The highest BCUT2D eigenvalue weighted by Gasteiger charge is 2.33. The number of amides is 1. The average Bonchev–Trinajstić information content (AvgIpc) is 3.22. The Morgan fingerprint density at radius 2 is 1.84 bits per heavy atom. The number of hydrogen-bond acceptors (Lipinski definition) is 4. The summed E-state index contributed by atoms with van der Waals surface area (Å²) in [7, 11) is -3.82. The van der Waals surface area contributed by atoms with Crippen molar-refractivity contribution >= 4 is 21.7 Å². The molecule has 0 bridgehead atoms. The Balaban J connectivity index is 1.40. The molecule has 32 heavy (non-hydrogen) atoms. The van der Waals surface area contributed by atoms with Crippen LogP contribution in [-0.2, 0) is 21.4 Å². The molecule has 1 amide bonds. The van der Waals surface area contributed by atoms with E-state index in [9.17, 15) is 22.0 Å². The van der Waals surface area contributed by atoms with Crippen LogP contribution in [0.3, 0.4) is 0 Å². The van der Waals surface area contributed by atoms with Crippen molar-refractivity contribution in [3.05, 3.63) is 78.0 Å². The maximum Gasteiger partial charge on any atom is 0.243 e. The minimum Gasteiger partial charge on any atom is -0.309 e. The maximum atomic E-state index is 13.8. The first-order chi connectivity index (χ1) is 15.3. The highest BCUT2D eigenvalue weighted by molar-refractivity contribution is 7.89. The molecule has 10 heteroatoms. The number of sulfonamides is 1. The van der Waals surface area contributed by atoms with Crippen molar-refractivity contribution < 1.29 is 22.0 Å². The smallest absolute Gasteiger partial charge is 0.243 e. The molecule has 0 unspecified atom stereocenters. The third kappa shape index (κ3) is 4.86. The topological polar surface area (TPSA) is 84.3 Å². The van der Waals surface area contributed by atoms with E-state index in [-0.39, 0.29) is 29.7 Å². The Bertz CT molecular complexity index is 1210. The van der Waals surface area contributed by atoms with Crippen LogP contribution in [0, 0.1) is 17.6 Å². The van der Waals surface area contributed by atoms with Crippen molar-refractivity contribution in [3.8, 4) is 0 Å². The molecule has 4 rings (SSSR count). The number of aromatic nitrogens is 2. The average molecular weight is 461 g/mol. The molecule has 2 aromatic carbocycles. The first-order valence-corrected chi connectivity index (χ1v) is 11.6. The third-order valence-electron chi connectivity index (χ3n) is 5.39. The summed E-state index contributed by atoms with van der Waals surface area (Å²) in [6, 6.07) is 12.6. The van der Waals surface area contributed by atoms with Crippen molar-refractivity contribution in [1.29, 1.82) is 0 Å². The second-order valence-electron chi connectivity index (χ2n) is 7.64. The van der Waals surface area contributed by atoms with Crippen LogP contribution in [0.5, 0.6) is 0 Å². The lowest BCUT2D eigenvalue weighted by Gasteiger charge is -2.31. The summed E-state index contributed by atoms with van der Waals surface area (Å²) in [5, 5.41) is 6.97. The fourth-order valence-corrected chi connectivity index (χ4v) is 5.20. The highest BCUT2D eigenvalue weighted by Crippen LogP contribution is 2.25. The largest absolute Gasteiger partial charge is 0.309 e. The summed E-state index contributed by atoms with van der Waals surface area (Å²) >= 11 is 0. The van der Waals surface area contributed by atoms with Gasteiger partial charge in [-0.1, -0.05) is 18.2 Å². The molecule has 0 radical (unpaired) electrons. The predicted octanol–water partition coefficient (Wildman–Crippen LogP) is 3.25. The van der Waals surface area contributed by atoms with Gasteiger partial charge < -0.3 is 5.32 Å². The van der Waals surface area contributed by atoms with E-state index in [1.807, 2.05) is 0 Å². The normalized spacial score (nSPS) is 17.2. The first-order valence-electron chi connectivity index (χ1n) is 10.2. The van der Waals surface area contributed by atoms with Gasteiger partial charge in [-0.05, 0) is 43.2 Å². The van der Waals surface area contributed by atoms with Gasteiger partial charge in [-0.2, -0.15) is 9.40 Å². The molecule has 1 aromatic heterocycles. The molecule has 7 nitrogen and oxygen atoms in total. The summed E-state index contributed by atoms with van der Waals surface area (Å²) in [4.78, 5) is 12.7. The van der Waals surface area contributed by atoms with E-state index in [1.165, 1.54) is 27.2 Å². The van der Waals surface area contributed by atoms with Crippen molar-refractivity contribution in [2.45, 2.75) is 24.3 Å². The Labute approximate surface area is 184 Å². The quantitative estimate of drug-likeness (QED) is 0.612. The summed E-state index contributed by atoms with van der Waals surface area (Å²) < 4.78 is 55.5. The summed E-state index contributed by atoms with van der Waals surface area (Å²) in [5.41, 5.74) is 0.474. The van der Waals surface area contributed by atoms with E-state index in [1.54, 1.807) is 30.5 Å². The van der Waals surface area contributed by atoms with Gasteiger partial charge in [-0.25, -0.2) is 17.2 Å². The van der Waals surface area contributed by atoms with E-state index < -0.39 is 21.8 Å². The number of rotatable bonds is 6. The summed E-state index contributed by atoms with van der Waals surface area (Å²) in [6.07, 6.45) is 2.70. The van der Waals surface area contributed by atoms with Crippen LogP contribution in [-0.4, -0.2) is 41.5 Å². The fraction of sp³-hybridized carbons (Fsp3) is 0.273. The number of halogens is 2. The van der Waals surface area contributed by atoms with Gasteiger partial charge >= 0.3 is 0 Å². The zero-order valence-electron chi connectivity index (χ0n) is 17.1. The molecule has 168 valence electrons. The molecule has 1 saturated heterocycles. The standard InChI is InChI=1S/C22H22F2N4O3S/c23-18-7-9-19(10-8-18)32(30,31)28-12-3-5-17(15-28)22(29)25-21-11-13-27(26-21)14-16-4-1-2-6-20(16)24/h1-2,4,6-11,13,17H,3,5,12,14-15H2,(H,25,26,29)/t17-/m0/s1. The van der Waals surface area contributed by atoms with Crippen LogP contribution in [0.2, 0.25) is 0 Å². The molecular formula is C22H22F2N4O3S. The van der Waals surface area contributed by atoms with Crippen LogP contribution in [0.4, 0.5) is 14.6 Å². The SMILES string of the molecule is O=C(Nc1ccn(Cc2ccccc2F)n1)[C@H]1CCCN(S(=O)(=O)c2ccc(F)cc2)C1. The molecule has 1 aliphatic rings. The van der Waals surface area contributed by atoms with Crippen LogP contribution in [0.25, 0.3) is 0 Å². The van der Waals surface area contributed by atoms with Crippen molar-refractivity contribution in [2.75, 3.05) is 18.4 Å². The number of carbonyl (C=O) groups excluding carboxylic acids is 1. The van der Waals surface area contributed by atoms with Gasteiger partial charge in [-0.15, -0.1) is 0 Å². The Hall–Kier alpha value is -3.11. The van der Waals surface area contributed by atoms with Crippen LogP contribution in [0.1, 0.15) is 18.4 Å². The van der Waals surface area contributed by atoms with Crippen molar-refractivity contribution in [3.63, 3.8) is 0 Å². The number of carbonyl (C=O) groups is 1. The highest BCUT2D eigenvalue weighted by atomic mass is 32.2. The van der Waals surface area contributed by atoms with E-state index in [0.717, 1.165) is 12.1 Å². The van der Waals surface area contributed by atoms with Crippen LogP contribution in [0.15, 0.2) is 65.7 Å². The fourth-order valence-electron chi connectivity index (χ4n) is 3.68. The van der Waals surface area contributed by atoms with E-state index in [2.05, 4.69) is 10.4 Å². The zero-order valence-corrected chi connectivity index (χ0v) is 17.9. The lowest BCUT2D eigenvalue weighted by atomic mass is 9.99. The summed E-state index contributed by atoms with van der Waals surface area (Å²) in [5.74, 6) is -1.42. The second kappa shape index (κ2) is 9.17. The van der Waals surface area contributed by atoms with Gasteiger partial charge in [0.15, 0.2) is 5.82 Å². The Morgan fingerprint density at radius 3 is 2.59 bits per heavy atom. The lowest BCUT2D eigenvalue weighted by molar-refractivity contribution is -0.120. The number of hydrogen-bond donors (Lipinski definition) is 1. The lowest BCUT2D eigenvalue weighted by Crippen LogP contribution is -2.43. The van der Waals surface area contributed by atoms with E-state index >= 15 is 0 Å². The molecule has 0 aliphatic carbocycles. The monoisotopic (exact) mass is 460 g/mol. The van der Waals surface area contributed by atoms with Crippen molar-refractivity contribution in [1.82, 2.24) is 14.1 Å². The molecule has 2 heterocycles. The number of anilines is 1. The minimum atomic E-state index is -3.82. The van der Waals surface area contributed by atoms with E-state index in [0.29, 0.717) is 30.8 Å². The predicted molar refractivity (Wildman–Crippen MR) is 114 cm³/mol. The summed E-state index contributed by atoms with van der Waals surface area (Å²) in [6.45, 7) is 0.540. The maximum absolute atomic E-state index is 13.8. The minimum absolute atomic E-state index is 0.00755. The van der Waals surface area contributed by atoms with Gasteiger partial charge in [0.05, 0.1) is 17.4 Å². The molecule has 1 atom stereocenters. The second-order valence-corrected chi connectivity index (χ2v) is 9.57. The van der Waals surface area contributed by atoms with Gasteiger partial charge in [-0.3, -0.25) is 9.48 Å². The molecule has 1 N–H and O–H groups in total. The van der Waals surface area contributed by atoms with Crippen LogP contribution < -0.4 is 5.32 Å². The van der Waals surface area contributed by atoms with Crippen molar-refractivity contribution in [2.24, 2.45) is 5.92 Å². The molecular weight excluding hydrogens is 438 g/mol. The zero-order chi connectivity index (χ0) is 22.7. The Kier molecular flexibility index (Phi) is 6.33. The van der Waals surface area contributed by atoms with Gasteiger partial charge in [0.25, 0.3) is 0 Å². The first kappa shape index (κ1) is 22.1. The van der Waals surface area contributed by atoms with Crippen LogP contribution >= 0.6 is 0 Å². The Morgan fingerprint density at radius 1 is 1.09 bits per heavy atom. The molecule has 3 aromatic rings. The number of nitrogens with one attached hydrogen (secondary N) is 1. The molecule has 1 aliphatic heterocycles. The number of nitrogens with zero attached hydrogens (tertiary/aromatic N) is 3. The molecule has 1 fully saturated rings. The van der Waals surface area contributed by atoms with Gasteiger partial charge in [0.1, 0.15) is 11.6 Å². The number of benzene rings is 2. The van der Waals surface area contributed by atoms with Gasteiger partial charge in [0, 0.05) is 30.9 Å². The molecule has 0 spiro atoms. The molecule has 0 saturated carbocycles. The van der Waals surface area contributed by atoms with Gasteiger partial charge in [0.2, 0.25) is 15.9 Å².